The molecule has 102 valence electrons. The van der Waals surface area contributed by atoms with Crippen LogP contribution in [0, 0.1) is 25.7 Å². The van der Waals surface area contributed by atoms with E-state index in [1.165, 1.54) is 0 Å². The number of nitrogens with one attached hydrogen (secondary N) is 1. The van der Waals surface area contributed by atoms with Crippen molar-refractivity contribution in [2.75, 3.05) is 11.9 Å². The number of carbonyl (C=O) groups excluding carboxylic acids is 1. The normalized spacial score (nSPS) is 9.75. The van der Waals surface area contributed by atoms with Crippen LogP contribution in [0.1, 0.15) is 27.2 Å². The maximum Gasteiger partial charge on any atom is 0.258 e. The van der Waals surface area contributed by atoms with Crippen molar-refractivity contribution in [1.82, 2.24) is 5.16 Å². The van der Waals surface area contributed by atoms with Crippen molar-refractivity contribution in [3.05, 3.63) is 46.6 Å². The maximum absolute atomic E-state index is 12.2. The van der Waals surface area contributed by atoms with Crippen LogP contribution >= 0.6 is 0 Å². The summed E-state index contributed by atoms with van der Waals surface area (Å²) in [5.41, 5.74) is 2.69. The van der Waals surface area contributed by atoms with Gasteiger partial charge in [-0.1, -0.05) is 23.1 Å². The fraction of sp³-hybridized carbons (Fsp3) is 0.200. The van der Waals surface area contributed by atoms with Crippen LogP contribution < -0.4 is 5.32 Å². The average molecular weight is 270 g/mol. The lowest BCUT2D eigenvalue weighted by Crippen LogP contribution is -2.13. The van der Waals surface area contributed by atoms with Gasteiger partial charge < -0.3 is 9.63 Å². The minimum absolute atomic E-state index is 0.216. The Morgan fingerprint density at radius 2 is 2.20 bits per heavy atom. The summed E-state index contributed by atoms with van der Waals surface area (Å²) in [7, 11) is 0. The molecule has 0 aliphatic rings. The number of aliphatic hydroxyl groups is 1. The number of rotatable bonds is 2. The van der Waals surface area contributed by atoms with E-state index in [0.29, 0.717) is 22.7 Å². The number of hydrogen-bond donors (Lipinski definition) is 2. The van der Waals surface area contributed by atoms with Crippen LogP contribution in [0.5, 0.6) is 0 Å². The highest BCUT2D eigenvalue weighted by Gasteiger charge is 2.12. The second kappa shape index (κ2) is 6.04. The number of aryl methyl sites for hydroxylation is 2. The van der Waals surface area contributed by atoms with Crippen molar-refractivity contribution < 1.29 is 14.4 Å². The van der Waals surface area contributed by atoms with Gasteiger partial charge in [0.15, 0.2) is 0 Å². The summed E-state index contributed by atoms with van der Waals surface area (Å²) in [5.74, 6) is 5.34. The lowest BCUT2D eigenvalue weighted by Gasteiger charge is -2.05. The highest BCUT2D eigenvalue weighted by molar-refractivity contribution is 6.04. The third-order valence-electron chi connectivity index (χ3n) is 2.66. The molecule has 1 amide bonds. The van der Waals surface area contributed by atoms with Crippen molar-refractivity contribution >= 4 is 11.8 Å². The van der Waals surface area contributed by atoms with Crippen molar-refractivity contribution in [2.24, 2.45) is 0 Å². The molecule has 0 saturated carbocycles. The van der Waals surface area contributed by atoms with E-state index in [0.717, 1.165) is 5.56 Å². The van der Waals surface area contributed by atoms with E-state index in [4.69, 9.17) is 9.63 Å². The predicted molar refractivity (Wildman–Crippen MR) is 74.3 cm³/mol. The summed E-state index contributed by atoms with van der Waals surface area (Å²) in [6.45, 7) is 3.39. The Morgan fingerprint density at radius 1 is 1.40 bits per heavy atom. The molecule has 0 unspecified atom stereocenters. The fourth-order valence-electron chi connectivity index (χ4n) is 1.69. The average Bonchev–Trinajstić information content (AvgIpc) is 2.83. The monoisotopic (exact) mass is 270 g/mol. The highest BCUT2D eigenvalue weighted by atomic mass is 16.5. The predicted octanol–water partition coefficient (Wildman–Crippen LogP) is 1.89. The van der Waals surface area contributed by atoms with E-state index in [2.05, 4.69) is 22.3 Å². The third-order valence-corrected chi connectivity index (χ3v) is 2.66. The number of benzene rings is 1. The summed E-state index contributed by atoms with van der Waals surface area (Å²) >= 11 is 0. The molecule has 5 nitrogen and oxygen atoms in total. The van der Waals surface area contributed by atoms with E-state index in [9.17, 15) is 4.79 Å². The number of aromatic nitrogens is 1. The molecule has 1 heterocycles. The molecule has 0 bridgehead atoms. The summed E-state index contributed by atoms with van der Waals surface area (Å²) in [4.78, 5) is 12.2. The minimum Gasteiger partial charge on any atom is -0.384 e. The second-order valence-corrected chi connectivity index (χ2v) is 4.28. The van der Waals surface area contributed by atoms with E-state index in [-0.39, 0.29) is 12.5 Å². The number of nitrogens with zero attached hydrogens (tertiary/aromatic N) is 1. The largest absolute Gasteiger partial charge is 0.384 e. The zero-order chi connectivity index (χ0) is 14.5. The molecule has 0 atom stereocenters. The highest BCUT2D eigenvalue weighted by Crippen LogP contribution is 2.15. The Hall–Kier alpha value is -2.58. The first kappa shape index (κ1) is 13.8. The van der Waals surface area contributed by atoms with Gasteiger partial charge in [0.25, 0.3) is 5.91 Å². The minimum atomic E-state index is -0.286. The molecule has 2 N–H and O–H groups in total. The Labute approximate surface area is 116 Å². The molecule has 0 aliphatic heterocycles. The Balaban J connectivity index is 2.24. The Bertz CT molecular complexity index is 693. The molecule has 2 rings (SSSR count). The van der Waals surface area contributed by atoms with Gasteiger partial charge in [0, 0.05) is 17.2 Å². The van der Waals surface area contributed by atoms with Crippen LogP contribution in [0.3, 0.4) is 0 Å². The Kier molecular flexibility index (Phi) is 4.18. The summed E-state index contributed by atoms with van der Waals surface area (Å²) in [6, 6.07) is 6.93. The van der Waals surface area contributed by atoms with Crippen LogP contribution in [0.25, 0.3) is 0 Å². The lowest BCUT2D eigenvalue weighted by molar-refractivity contribution is 0.102. The molecule has 20 heavy (non-hydrogen) atoms. The molecule has 0 radical (unpaired) electrons. The molecule has 0 spiro atoms. The van der Waals surface area contributed by atoms with Crippen molar-refractivity contribution in [3.8, 4) is 11.8 Å². The van der Waals surface area contributed by atoms with Crippen molar-refractivity contribution in [3.63, 3.8) is 0 Å². The summed E-state index contributed by atoms with van der Waals surface area (Å²) < 4.78 is 4.95. The number of amides is 1. The van der Waals surface area contributed by atoms with Gasteiger partial charge in [-0.15, -0.1) is 0 Å². The van der Waals surface area contributed by atoms with Gasteiger partial charge in [0.1, 0.15) is 6.61 Å². The summed E-state index contributed by atoms with van der Waals surface area (Å²) in [6.07, 6.45) is 0. The van der Waals surface area contributed by atoms with Crippen molar-refractivity contribution in [1.29, 1.82) is 0 Å². The van der Waals surface area contributed by atoms with E-state index in [1.807, 2.05) is 13.0 Å². The van der Waals surface area contributed by atoms with Crippen LogP contribution in [-0.2, 0) is 0 Å². The number of hydrogen-bond acceptors (Lipinski definition) is 4. The van der Waals surface area contributed by atoms with Gasteiger partial charge in [0.2, 0.25) is 5.88 Å². The first-order chi connectivity index (χ1) is 9.60. The molecule has 1 aromatic carbocycles. The van der Waals surface area contributed by atoms with Gasteiger partial charge in [0.05, 0.1) is 5.69 Å². The Morgan fingerprint density at radius 3 is 2.85 bits per heavy atom. The second-order valence-electron chi connectivity index (χ2n) is 4.28. The van der Waals surface area contributed by atoms with Gasteiger partial charge in [-0.25, -0.2) is 0 Å². The fourth-order valence-corrected chi connectivity index (χ4v) is 1.69. The van der Waals surface area contributed by atoms with Crippen molar-refractivity contribution in [2.45, 2.75) is 13.8 Å². The standard InChI is InChI=1S/C15H14N2O3/c1-10-5-6-12(4-3-7-18)9-13(10)15(19)16-14-8-11(2)17-20-14/h5-6,8-9,18H,7H2,1-2H3,(H,16,19). The quantitative estimate of drug-likeness (QED) is 0.817. The van der Waals surface area contributed by atoms with E-state index >= 15 is 0 Å². The third kappa shape index (κ3) is 3.25. The molecule has 0 fully saturated rings. The topological polar surface area (TPSA) is 75.4 Å². The molecule has 0 aliphatic carbocycles. The molecule has 2 aromatic rings. The molecule has 5 heteroatoms. The van der Waals surface area contributed by atoms with Gasteiger partial charge >= 0.3 is 0 Å². The van der Waals surface area contributed by atoms with E-state index in [1.54, 1.807) is 25.1 Å². The molecule has 1 aromatic heterocycles. The zero-order valence-corrected chi connectivity index (χ0v) is 11.2. The lowest BCUT2D eigenvalue weighted by atomic mass is 10.0. The molecule has 0 saturated heterocycles. The molecular formula is C15H14N2O3. The van der Waals surface area contributed by atoms with E-state index < -0.39 is 0 Å². The SMILES string of the molecule is Cc1cc(NC(=O)c2cc(C#CCO)ccc2C)on1. The first-order valence-electron chi connectivity index (χ1n) is 6.05. The maximum atomic E-state index is 12.2. The smallest absolute Gasteiger partial charge is 0.258 e. The van der Waals surface area contributed by atoms with Crippen LogP contribution in [0.2, 0.25) is 0 Å². The van der Waals surface area contributed by atoms with Crippen LogP contribution in [0.15, 0.2) is 28.8 Å². The van der Waals surface area contributed by atoms with Crippen LogP contribution in [-0.4, -0.2) is 22.8 Å². The first-order valence-corrected chi connectivity index (χ1v) is 6.05. The van der Waals surface area contributed by atoms with Gasteiger partial charge in [-0.3, -0.25) is 10.1 Å². The number of anilines is 1. The van der Waals surface area contributed by atoms with Gasteiger partial charge in [-0.2, -0.15) is 0 Å². The molecular weight excluding hydrogens is 256 g/mol. The summed E-state index contributed by atoms with van der Waals surface area (Å²) in [5, 5.41) is 15.0. The van der Waals surface area contributed by atoms with Gasteiger partial charge in [-0.05, 0) is 31.5 Å². The van der Waals surface area contributed by atoms with Crippen LogP contribution in [0.4, 0.5) is 5.88 Å². The zero-order valence-electron chi connectivity index (χ0n) is 11.2. The number of aliphatic hydroxyl groups excluding tert-OH is 1. The number of carbonyl (C=O) groups is 1.